The van der Waals surface area contributed by atoms with E-state index in [9.17, 15) is 13.2 Å². The molecule has 23 heavy (non-hydrogen) atoms. The highest BCUT2D eigenvalue weighted by molar-refractivity contribution is 7.96. The molecule has 0 radical (unpaired) electrons. The molecule has 5 nitrogen and oxygen atoms in total. The summed E-state index contributed by atoms with van der Waals surface area (Å²) >= 11 is 6.02. The molecule has 0 bridgehead atoms. The summed E-state index contributed by atoms with van der Waals surface area (Å²) < 4.78 is 29.9. The van der Waals surface area contributed by atoms with Crippen LogP contribution in [-0.2, 0) is 19.4 Å². The van der Waals surface area contributed by atoms with E-state index in [0.29, 0.717) is 16.4 Å². The first kappa shape index (κ1) is 15.6. The minimum atomic E-state index is -3.93. The summed E-state index contributed by atoms with van der Waals surface area (Å²) in [6, 6.07) is 13.4. The van der Waals surface area contributed by atoms with E-state index in [0.717, 1.165) is 7.11 Å². The number of benzene rings is 2. The first-order valence-electron chi connectivity index (χ1n) is 6.64. The molecule has 0 aliphatic carbocycles. The molecular weight excluding hydrogens is 338 g/mol. The van der Waals surface area contributed by atoms with Crippen LogP contribution in [0.3, 0.4) is 0 Å². The molecule has 0 aromatic heterocycles. The van der Waals surface area contributed by atoms with Crippen LogP contribution >= 0.6 is 11.6 Å². The quantitative estimate of drug-likeness (QED) is 0.778. The molecule has 0 atom stereocenters. The minimum Gasteiger partial charge on any atom is -0.465 e. The molecule has 1 aliphatic heterocycles. The number of carbonyl (C=O) groups excluding carboxylic acids is 1. The Morgan fingerprint density at radius 1 is 1.13 bits per heavy atom. The van der Waals surface area contributed by atoms with Crippen molar-refractivity contribution in [2.75, 3.05) is 12.0 Å². The van der Waals surface area contributed by atoms with E-state index in [2.05, 4.69) is 4.74 Å². The van der Waals surface area contributed by atoms with Gasteiger partial charge in [0, 0.05) is 16.9 Å². The molecule has 0 N–H and O–H groups in total. The number of halogens is 1. The van der Waals surface area contributed by atoms with Gasteiger partial charge in [-0.3, -0.25) is 0 Å². The van der Waals surface area contributed by atoms with E-state index in [4.69, 9.17) is 11.6 Å². The van der Waals surface area contributed by atoms with Crippen LogP contribution in [0.5, 0.6) is 0 Å². The molecule has 0 spiro atoms. The van der Waals surface area contributed by atoms with Crippen LogP contribution in [0, 0.1) is 0 Å². The summed E-state index contributed by atoms with van der Waals surface area (Å²) in [5, 5.41) is 0.501. The molecule has 0 amide bonds. The van der Waals surface area contributed by atoms with Gasteiger partial charge in [0.15, 0.2) is 4.91 Å². The second-order valence-electron chi connectivity index (χ2n) is 4.81. The maximum absolute atomic E-state index is 12.6. The van der Waals surface area contributed by atoms with Gasteiger partial charge in [0.2, 0.25) is 9.84 Å². The van der Waals surface area contributed by atoms with Crippen molar-refractivity contribution in [1.82, 2.24) is 0 Å². The highest BCUT2D eigenvalue weighted by Crippen LogP contribution is 2.40. The number of rotatable bonds is 2. The van der Waals surface area contributed by atoms with Gasteiger partial charge in [0.1, 0.15) is 0 Å². The van der Waals surface area contributed by atoms with Crippen molar-refractivity contribution < 1.29 is 17.9 Å². The molecule has 1 heterocycles. The van der Waals surface area contributed by atoms with Gasteiger partial charge < -0.3 is 9.64 Å². The number of hydrogen-bond acceptors (Lipinski definition) is 5. The van der Waals surface area contributed by atoms with Gasteiger partial charge in [0.05, 0.1) is 17.7 Å². The number of ether oxygens (including phenoxy) is 1. The predicted molar refractivity (Wildman–Crippen MR) is 87.3 cm³/mol. The van der Waals surface area contributed by atoms with E-state index in [-0.39, 0.29) is 4.90 Å². The van der Waals surface area contributed by atoms with E-state index in [1.165, 1.54) is 12.3 Å². The van der Waals surface area contributed by atoms with Gasteiger partial charge in [-0.25, -0.2) is 13.2 Å². The van der Waals surface area contributed by atoms with Crippen molar-refractivity contribution in [3.8, 4) is 0 Å². The Morgan fingerprint density at radius 3 is 2.57 bits per heavy atom. The van der Waals surface area contributed by atoms with Gasteiger partial charge in [-0.15, -0.1) is 0 Å². The van der Waals surface area contributed by atoms with Crippen LogP contribution in [0.2, 0.25) is 5.02 Å². The van der Waals surface area contributed by atoms with Crippen LogP contribution in [0.4, 0.5) is 11.4 Å². The SMILES string of the molecule is COC(=O)C1=CN(c2cccc(Cl)c2)c2ccccc2S1(=O)=O. The molecule has 0 saturated heterocycles. The van der Waals surface area contributed by atoms with Crippen LogP contribution in [0.15, 0.2) is 64.5 Å². The van der Waals surface area contributed by atoms with Crippen molar-refractivity contribution in [3.05, 3.63) is 64.7 Å². The Kier molecular flexibility index (Phi) is 3.87. The highest BCUT2D eigenvalue weighted by atomic mass is 35.5. The summed E-state index contributed by atoms with van der Waals surface area (Å²) in [6.07, 6.45) is 1.26. The van der Waals surface area contributed by atoms with Crippen LogP contribution in [0.1, 0.15) is 0 Å². The monoisotopic (exact) mass is 349 g/mol. The van der Waals surface area contributed by atoms with E-state index < -0.39 is 20.7 Å². The maximum atomic E-state index is 12.6. The second kappa shape index (κ2) is 5.72. The van der Waals surface area contributed by atoms with E-state index in [1.54, 1.807) is 47.4 Å². The smallest absolute Gasteiger partial charge is 0.351 e. The number of anilines is 2. The summed E-state index contributed by atoms with van der Waals surface area (Å²) in [7, 11) is -2.79. The summed E-state index contributed by atoms with van der Waals surface area (Å²) in [5.74, 6) is -0.911. The van der Waals surface area contributed by atoms with Crippen LogP contribution in [-0.4, -0.2) is 21.5 Å². The number of esters is 1. The largest absolute Gasteiger partial charge is 0.465 e. The zero-order valence-electron chi connectivity index (χ0n) is 12.1. The average molecular weight is 350 g/mol. The Balaban J connectivity index is 2.28. The van der Waals surface area contributed by atoms with E-state index in [1.807, 2.05) is 0 Å². The summed E-state index contributed by atoms with van der Waals surface area (Å²) in [5.41, 5.74) is 1.09. The van der Waals surface area contributed by atoms with Gasteiger partial charge in [-0.1, -0.05) is 29.8 Å². The van der Waals surface area contributed by atoms with Gasteiger partial charge >= 0.3 is 5.97 Å². The number of para-hydroxylation sites is 1. The summed E-state index contributed by atoms with van der Waals surface area (Å²) in [4.78, 5) is 13.1. The minimum absolute atomic E-state index is 0.0443. The zero-order valence-corrected chi connectivity index (χ0v) is 13.6. The molecular formula is C16H12ClNO4S. The van der Waals surface area contributed by atoms with Crippen LogP contribution < -0.4 is 4.90 Å². The topological polar surface area (TPSA) is 63.7 Å². The zero-order chi connectivity index (χ0) is 16.6. The van der Waals surface area contributed by atoms with Crippen LogP contribution in [0.25, 0.3) is 0 Å². The average Bonchev–Trinajstić information content (AvgIpc) is 2.54. The fraction of sp³-hybridized carbons (Fsp3) is 0.0625. The molecule has 3 rings (SSSR count). The van der Waals surface area contributed by atoms with Crippen molar-refractivity contribution in [3.63, 3.8) is 0 Å². The van der Waals surface area contributed by atoms with Crippen molar-refractivity contribution in [2.24, 2.45) is 0 Å². The number of nitrogens with zero attached hydrogens (tertiary/aromatic N) is 1. The second-order valence-corrected chi connectivity index (χ2v) is 7.13. The normalized spacial score (nSPS) is 15.6. The Labute approximate surface area is 138 Å². The molecule has 118 valence electrons. The summed E-state index contributed by atoms with van der Waals surface area (Å²) in [6.45, 7) is 0. The third kappa shape index (κ3) is 2.60. The molecule has 1 aliphatic rings. The highest BCUT2D eigenvalue weighted by Gasteiger charge is 2.36. The lowest BCUT2D eigenvalue weighted by molar-refractivity contribution is -0.135. The maximum Gasteiger partial charge on any atom is 0.351 e. The number of carbonyl (C=O) groups is 1. The van der Waals surface area contributed by atoms with Crippen molar-refractivity contribution >= 4 is 38.8 Å². The third-order valence-corrected chi connectivity index (χ3v) is 5.43. The first-order chi connectivity index (χ1) is 10.9. The molecule has 0 saturated carbocycles. The predicted octanol–water partition coefficient (Wildman–Crippen LogP) is 3.28. The lowest BCUT2D eigenvalue weighted by Crippen LogP contribution is -2.26. The fourth-order valence-electron chi connectivity index (χ4n) is 2.36. The standard InChI is InChI=1S/C16H12ClNO4S/c1-22-16(19)15-10-18(12-6-4-5-11(17)9-12)13-7-2-3-8-14(13)23(15,20)21/h2-10H,1H3. The lowest BCUT2D eigenvalue weighted by Gasteiger charge is -2.28. The molecule has 0 unspecified atom stereocenters. The fourth-order valence-corrected chi connectivity index (χ4v) is 4.03. The number of methoxy groups -OCH3 is 1. The Hall–Kier alpha value is -2.31. The first-order valence-corrected chi connectivity index (χ1v) is 8.50. The lowest BCUT2D eigenvalue weighted by atomic mass is 10.2. The molecule has 7 heteroatoms. The Bertz CT molecular complexity index is 921. The van der Waals surface area contributed by atoms with Crippen molar-refractivity contribution in [2.45, 2.75) is 4.90 Å². The number of fused-ring (bicyclic) bond motifs is 1. The van der Waals surface area contributed by atoms with Gasteiger partial charge in [0.25, 0.3) is 0 Å². The number of hydrogen-bond donors (Lipinski definition) is 0. The van der Waals surface area contributed by atoms with Gasteiger partial charge in [-0.2, -0.15) is 0 Å². The van der Waals surface area contributed by atoms with Crippen molar-refractivity contribution in [1.29, 1.82) is 0 Å². The molecule has 2 aromatic carbocycles. The van der Waals surface area contributed by atoms with E-state index >= 15 is 0 Å². The molecule has 0 fully saturated rings. The molecule has 2 aromatic rings. The Morgan fingerprint density at radius 2 is 1.87 bits per heavy atom. The third-order valence-electron chi connectivity index (χ3n) is 3.42. The number of sulfone groups is 1. The van der Waals surface area contributed by atoms with Gasteiger partial charge in [-0.05, 0) is 30.3 Å².